The first kappa shape index (κ1) is 34.2. The molecule has 0 aliphatic carbocycles. The van der Waals surface area contributed by atoms with E-state index in [9.17, 15) is 0 Å². The number of fused-ring (bicyclic) bond motifs is 7. The predicted octanol–water partition coefficient (Wildman–Crippen LogP) is 15.1. The molecule has 0 atom stereocenters. The van der Waals surface area contributed by atoms with Crippen LogP contribution in [0.2, 0.25) is 19.6 Å². The Morgan fingerprint density at radius 1 is 0.414 bits per heavy atom. The first-order valence-corrected chi connectivity index (χ1v) is 23.4. The van der Waals surface area contributed by atoms with Crippen LogP contribution in [0.4, 0.5) is 34.1 Å². The minimum Gasteiger partial charge on any atom is -0.456 e. The zero-order chi connectivity index (χ0) is 39.0. The second-order valence-electron chi connectivity index (χ2n) is 16.2. The highest BCUT2D eigenvalue weighted by atomic mass is 28.3. The summed E-state index contributed by atoms with van der Waals surface area (Å²) in [5.74, 6) is 1.71. The van der Waals surface area contributed by atoms with Gasteiger partial charge in [0.2, 0.25) is 0 Å². The zero-order valence-corrected chi connectivity index (χ0v) is 33.6. The fourth-order valence-electron chi connectivity index (χ4n) is 8.72. The lowest BCUT2D eigenvalue weighted by Gasteiger charge is -2.29. The molecule has 1 aromatic heterocycles. The van der Waals surface area contributed by atoms with Crippen molar-refractivity contribution in [3.63, 3.8) is 0 Å². The third-order valence-corrected chi connectivity index (χ3v) is 13.6. The maximum absolute atomic E-state index is 6.87. The zero-order valence-electron chi connectivity index (χ0n) is 32.6. The number of benzene rings is 9. The summed E-state index contributed by atoms with van der Waals surface area (Å²) >= 11 is 0. The minimum atomic E-state index is -1.45. The van der Waals surface area contributed by atoms with E-state index in [1.807, 2.05) is 12.1 Å². The molecular weight excluding hydrogens is 725 g/mol. The maximum atomic E-state index is 6.87. The van der Waals surface area contributed by atoms with Crippen LogP contribution in [-0.4, -0.2) is 8.07 Å². The van der Waals surface area contributed by atoms with Gasteiger partial charge >= 0.3 is 0 Å². The number of para-hydroxylation sites is 4. The Hall–Kier alpha value is -7.08. The lowest BCUT2D eigenvalue weighted by molar-refractivity contribution is 0.487. The molecule has 0 fully saturated rings. The highest BCUT2D eigenvalue weighted by Crippen LogP contribution is 2.51. The third-order valence-electron chi connectivity index (χ3n) is 11.6. The summed E-state index contributed by atoms with van der Waals surface area (Å²) in [6.07, 6.45) is 0. The van der Waals surface area contributed by atoms with Crippen molar-refractivity contribution in [3.05, 3.63) is 188 Å². The van der Waals surface area contributed by atoms with Gasteiger partial charge in [-0.3, -0.25) is 0 Å². The molecule has 278 valence electrons. The highest BCUT2D eigenvalue weighted by Gasteiger charge is 2.26. The van der Waals surface area contributed by atoms with Crippen molar-refractivity contribution < 1.29 is 9.15 Å². The lowest BCUT2D eigenvalue weighted by Crippen LogP contribution is -2.37. The number of hydrogen-bond donors (Lipinski definition) is 0. The van der Waals surface area contributed by atoms with E-state index in [1.165, 1.54) is 16.1 Å². The number of anilines is 6. The van der Waals surface area contributed by atoms with Crippen LogP contribution in [0.5, 0.6) is 11.5 Å². The van der Waals surface area contributed by atoms with Crippen LogP contribution in [0.1, 0.15) is 0 Å². The van der Waals surface area contributed by atoms with Gasteiger partial charge in [0.15, 0.2) is 5.58 Å². The van der Waals surface area contributed by atoms with Crippen molar-refractivity contribution in [2.45, 2.75) is 19.6 Å². The fourth-order valence-corrected chi connectivity index (χ4v) is 9.89. The van der Waals surface area contributed by atoms with E-state index in [0.717, 1.165) is 89.3 Å². The van der Waals surface area contributed by atoms with E-state index in [1.54, 1.807) is 0 Å². The lowest BCUT2D eigenvalue weighted by atomic mass is 9.90. The molecule has 4 nitrogen and oxygen atoms in total. The van der Waals surface area contributed by atoms with Crippen molar-refractivity contribution in [2.24, 2.45) is 0 Å². The molecule has 1 aliphatic heterocycles. The molecule has 0 unspecified atom stereocenters. The van der Waals surface area contributed by atoms with Crippen LogP contribution in [0.15, 0.2) is 192 Å². The molecule has 2 heterocycles. The first-order valence-electron chi connectivity index (χ1n) is 19.9. The largest absolute Gasteiger partial charge is 0.456 e. The Morgan fingerprint density at radius 3 is 1.81 bits per heavy atom. The second kappa shape index (κ2) is 13.3. The summed E-state index contributed by atoms with van der Waals surface area (Å²) in [6, 6.07) is 67.2. The van der Waals surface area contributed by atoms with Crippen LogP contribution < -0.4 is 19.7 Å². The quantitative estimate of drug-likeness (QED) is 0.119. The van der Waals surface area contributed by atoms with E-state index >= 15 is 0 Å². The fraction of sp³-hybridized carbons (Fsp3) is 0.0566. The standard InChI is InChI=1S/C53H40N2O2Si/c1-58(2,3)41-29-26-38(27-30-41)54(36-14-6-4-7-15-36)40-28-31-43-47-32-35-24-25-39(33-46(35)44-19-13-23-50(52(44)47)56-51(43)34-40)55(37-16-8-5-9-17-37)48-21-12-20-45-42-18-10-11-22-49(42)57-53(45)48/h4-34H,1-3H3. The summed E-state index contributed by atoms with van der Waals surface area (Å²) in [7, 11) is -1.45. The monoisotopic (exact) mass is 764 g/mol. The molecular formula is C53H40N2O2Si. The summed E-state index contributed by atoms with van der Waals surface area (Å²) in [5.41, 5.74) is 10.4. The topological polar surface area (TPSA) is 28.9 Å². The van der Waals surface area contributed by atoms with Gasteiger partial charge in [-0.15, -0.1) is 0 Å². The van der Waals surface area contributed by atoms with Crippen molar-refractivity contribution in [2.75, 3.05) is 9.80 Å². The number of nitrogens with zero attached hydrogens (tertiary/aromatic N) is 2. The van der Waals surface area contributed by atoms with Crippen LogP contribution in [0, 0.1) is 0 Å². The average Bonchev–Trinajstić information content (AvgIpc) is 3.64. The summed E-state index contributed by atoms with van der Waals surface area (Å²) in [5, 5.41) is 8.27. The molecule has 1 aliphatic rings. The molecule has 10 aromatic rings. The molecule has 0 saturated heterocycles. The van der Waals surface area contributed by atoms with E-state index in [-0.39, 0.29) is 0 Å². The first-order chi connectivity index (χ1) is 28.4. The van der Waals surface area contributed by atoms with Gasteiger partial charge in [-0.1, -0.05) is 122 Å². The maximum Gasteiger partial charge on any atom is 0.159 e. The Labute approximate surface area is 338 Å². The van der Waals surface area contributed by atoms with E-state index < -0.39 is 8.07 Å². The van der Waals surface area contributed by atoms with Gasteiger partial charge in [0.25, 0.3) is 0 Å². The molecule has 11 rings (SSSR count). The van der Waals surface area contributed by atoms with Crippen molar-refractivity contribution in [1.29, 1.82) is 0 Å². The van der Waals surface area contributed by atoms with Gasteiger partial charge in [-0.2, -0.15) is 0 Å². The molecule has 0 saturated carbocycles. The second-order valence-corrected chi connectivity index (χ2v) is 21.3. The summed E-state index contributed by atoms with van der Waals surface area (Å²) < 4.78 is 13.5. The molecule has 0 bridgehead atoms. The number of furan rings is 1. The van der Waals surface area contributed by atoms with Crippen LogP contribution in [0.3, 0.4) is 0 Å². The Morgan fingerprint density at radius 2 is 1.03 bits per heavy atom. The van der Waals surface area contributed by atoms with E-state index in [2.05, 4.69) is 205 Å². The highest BCUT2D eigenvalue weighted by molar-refractivity contribution is 6.88. The SMILES string of the molecule is C[Si](C)(C)c1ccc(N(c2ccccc2)c2ccc3c(c2)Oc2cccc4c2c-3cc2ccc(N(c3ccccc3)c3cccc5c3oc3ccccc35)cc24)cc1. The van der Waals surface area contributed by atoms with Gasteiger partial charge in [0.1, 0.15) is 17.1 Å². The molecule has 58 heavy (non-hydrogen) atoms. The predicted molar refractivity (Wildman–Crippen MR) is 247 cm³/mol. The van der Waals surface area contributed by atoms with Gasteiger partial charge in [-0.05, 0) is 107 Å². The molecule has 9 aromatic carbocycles. The normalized spacial score (nSPS) is 12.2. The van der Waals surface area contributed by atoms with Crippen LogP contribution >= 0.6 is 0 Å². The van der Waals surface area contributed by atoms with Gasteiger partial charge in [0, 0.05) is 56.2 Å². The van der Waals surface area contributed by atoms with Crippen molar-refractivity contribution in [1.82, 2.24) is 0 Å². The molecule has 0 radical (unpaired) electrons. The Bertz CT molecular complexity index is 3190. The molecule has 5 heteroatoms. The summed E-state index contributed by atoms with van der Waals surface area (Å²) in [6.45, 7) is 7.17. The average molecular weight is 765 g/mol. The smallest absolute Gasteiger partial charge is 0.159 e. The third kappa shape index (κ3) is 5.58. The van der Waals surface area contributed by atoms with Crippen molar-refractivity contribution in [3.8, 4) is 22.6 Å². The summed E-state index contributed by atoms with van der Waals surface area (Å²) in [4.78, 5) is 4.63. The Balaban J connectivity index is 1.05. The van der Waals surface area contributed by atoms with Crippen LogP contribution in [-0.2, 0) is 0 Å². The van der Waals surface area contributed by atoms with Crippen LogP contribution in [0.25, 0.3) is 54.6 Å². The Kier molecular flexibility index (Phi) is 7.82. The number of hydrogen-bond acceptors (Lipinski definition) is 4. The minimum absolute atomic E-state index is 0.849. The van der Waals surface area contributed by atoms with Gasteiger partial charge < -0.3 is 19.0 Å². The van der Waals surface area contributed by atoms with Crippen molar-refractivity contribution >= 4 is 90.9 Å². The van der Waals surface area contributed by atoms with Gasteiger partial charge in [0.05, 0.1) is 13.8 Å². The number of ether oxygens (including phenoxy) is 1. The van der Waals surface area contributed by atoms with E-state index in [4.69, 9.17) is 9.15 Å². The number of rotatable bonds is 7. The molecule has 0 amide bonds. The molecule has 0 spiro atoms. The molecule has 0 N–H and O–H groups in total. The van der Waals surface area contributed by atoms with E-state index in [0.29, 0.717) is 0 Å². The van der Waals surface area contributed by atoms with Gasteiger partial charge in [-0.25, -0.2) is 0 Å².